The number of amides is 2. The zero-order valence-electron chi connectivity index (χ0n) is 4.70. The van der Waals surface area contributed by atoms with Crippen LogP contribution in [0, 0.1) is 0 Å². The maximum Gasteiger partial charge on any atom is 0.412 e. The molecule has 0 atom stereocenters. The molecular weight excluding hydrogens is 160 g/mol. The molecule has 0 heterocycles. The van der Waals surface area contributed by atoms with Gasteiger partial charge >= 0.3 is 17.4 Å². The van der Waals surface area contributed by atoms with E-state index in [0.717, 1.165) is 0 Å². The van der Waals surface area contributed by atoms with E-state index in [0.29, 0.717) is 0 Å². The van der Waals surface area contributed by atoms with Crippen molar-refractivity contribution in [3.8, 4) is 0 Å². The van der Waals surface area contributed by atoms with Crippen molar-refractivity contribution in [3.05, 3.63) is 0 Å². The minimum atomic E-state index is -1.16. The Labute approximate surface area is 61.1 Å². The van der Waals surface area contributed by atoms with E-state index >= 15 is 0 Å². The van der Waals surface area contributed by atoms with Crippen molar-refractivity contribution in [1.82, 2.24) is 0 Å². The Hall–Kier alpha value is -1.37. The second-order valence-electron chi connectivity index (χ2n) is 1.09. The number of hydrogen-bond donors (Lipinski definition) is 2. The first-order valence-electron chi connectivity index (χ1n) is 2.01. The first-order chi connectivity index (χ1) is 4.52. The van der Waals surface area contributed by atoms with Crippen molar-refractivity contribution >= 4 is 29.6 Å². The molecule has 7 heteroatoms. The number of ether oxygens (including phenoxy) is 2. The number of nitrogens with two attached hydrogens (primary N) is 2. The zero-order chi connectivity index (χ0) is 8.15. The van der Waals surface area contributed by atoms with Gasteiger partial charge in [-0.05, 0) is 0 Å². The highest BCUT2D eigenvalue weighted by atomic mass is 32.1. The van der Waals surface area contributed by atoms with Crippen LogP contribution in [0.3, 0.4) is 0 Å². The molecule has 0 bridgehead atoms. The summed E-state index contributed by atoms with van der Waals surface area (Å²) in [6.45, 7) is 0. The highest BCUT2D eigenvalue weighted by Gasteiger charge is 2.05. The number of carbonyl (C=O) groups excluding carboxylic acids is 2. The van der Waals surface area contributed by atoms with Crippen LogP contribution in [-0.2, 0) is 9.47 Å². The lowest BCUT2D eigenvalue weighted by molar-refractivity contribution is 0.176. The smallest absolute Gasteiger partial charge is 0.367 e. The van der Waals surface area contributed by atoms with Gasteiger partial charge in [0.05, 0.1) is 0 Å². The predicted molar refractivity (Wildman–Crippen MR) is 33.9 cm³/mol. The van der Waals surface area contributed by atoms with Crippen LogP contribution in [0.5, 0.6) is 0 Å². The summed E-state index contributed by atoms with van der Waals surface area (Å²) >= 11 is 4.16. The fourth-order valence-electron chi connectivity index (χ4n) is 0.185. The normalized spacial score (nSPS) is 8.00. The molecule has 0 aromatic carbocycles. The topological polar surface area (TPSA) is 105 Å². The van der Waals surface area contributed by atoms with Crippen molar-refractivity contribution in [2.75, 3.05) is 0 Å². The average Bonchev–Trinajstić information content (AvgIpc) is 1.58. The van der Waals surface area contributed by atoms with Gasteiger partial charge in [-0.2, -0.15) is 0 Å². The van der Waals surface area contributed by atoms with E-state index in [1.165, 1.54) is 0 Å². The number of carbonyl (C=O) groups is 2. The van der Waals surface area contributed by atoms with Gasteiger partial charge in [0.25, 0.3) is 0 Å². The second-order valence-corrected chi connectivity index (χ2v) is 1.43. The van der Waals surface area contributed by atoms with Crippen LogP contribution in [0.2, 0.25) is 0 Å². The van der Waals surface area contributed by atoms with Gasteiger partial charge in [-0.3, -0.25) is 0 Å². The van der Waals surface area contributed by atoms with Crippen LogP contribution >= 0.6 is 12.2 Å². The molecule has 0 aliphatic carbocycles. The number of rotatable bonds is 0. The monoisotopic (exact) mass is 164 g/mol. The first kappa shape index (κ1) is 8.63. The van der Waals surface area contributed by atoms with Gasteiger partial charge in [0.2, 0.25) is 0 Å². The standard InChI is InChI=1S/C3H4N2O4S/c4-1(6)8-3(10)9-2(5)7/h(H2,4,6)(H2,5,7). The largest absolute Gasteiger partial charge is 0.412 e. The Bertz CT molecular complexity index is 161. The first-order valence-corrected chi connectivity index (χ1v) is 2.41. The van der Waals surface area contributed by atoms with Crippen LogP contribution in [0.4, 0.5) is 9.59 Å². The van der Waals surface area contributed by atoms with Crippen LogP contribution in [0.15, 0.2) is 0 Å². The highest BCUT2D eigenvalue weighted by Crippen LogP contribution is 1.84. The van der Waals surface area contributed by atoms with E-state index in [4.69, 9.17) is 0 Å². The van der Waals surface area contributed by atoms with Gasteiger partial charge in [-0.15, -0.1) is 0 Å². The molecule has 0 fully saturated rings. The molecule has 0 aromatic rings. The van der Waals surface area contributed by atoms with Crippen LogP contribution < -0.4 is 11.5 Å². The Morgan fingerprint density at radius 1 is 1.10 bits per heavy atom. The summed E-state index contributed by atoms with van der Waals surface area (Å²) in [4.78, 5) is 19.7. The van der Waals surface area contributed by atoms with Crippen LogP contribution in [-0.4, -0.2) is 17.4 Å². The molecule has 10 heavy (non-hydrogen) atoms. The molecule has 0 aliphatic rings. The molecule has 0 unspecified atom stereocenters. The van der Waals surface area contributed by atoms with Gasteiger partial charge in [0.15, 0.2) is 0 Å². The van der Waals surface area contributed by atoms with E-state index < -0.39 is 17.4 Å². The van der Waals surface area contributed by atoms with E-state index in [-0.39, 0.29) is 0 Å². The van der Waals surface area contributed by atoms with Crippen molar-refractivity contribution in [2.45, 2.75) is 0 Å². The maximum absolute atomic E-state index is 9.87. The third kappa shape index (κ3) is 4.78. The van der Waals surface area contributed by atoms with Crippen LogP contribution in [0.25, 0.3) is 0 Å². The van der Waals surface area contributed by atoms with Gasteiger partial charge in [-0.1, -0.05) is 0 Å². The summed E-state index contributed by atoms with van der Waals surface area (Å²) in [5, 5.41) is -0.708. The minimum absolute atomic E-state index is 0.708. The summed E-state index contributed by atoms with van der Waals surface area (Å²) in [6, 6.07) is 0. The zero-order valence-corrected chi connectivity index (χ0v) is 5.51. The molecule has 56 valence electrons. The van der Waals surface area contributed by atoms with Crippen molar-refractivity contribution in [2.24, 2.45) is 11.5 Å². The maximum atomic E-state index is 9.87. The lowest BCUT2D eigenvalue weighted by atomic mass is 11.2. The quantitative estimate of drug-likeness (QED) is 0.468. The SMILES string of the molecule is NC(=O)OC(=S)OC(N)=O. The molecular formula is C3H4N2O4S. The average molecular weight is 164 g/mol. The Kier molecular flexibility index (Phi) is 3.12. The lowest BCUT2D eigenvalue weighted by Crippen LogP contribution is -2.24. The Balaban J connectivity index is 3.65. The number of primary amides is 2. The van der Waals surface area contributed by atoms with Crippen LogP contribution in [0.1, 0.15) is 0 Å². The van der Waals surface area contributed by atoms with E-state index in [9.17, 15) is 9.59 Å². The summed E-state index contributed by atoms with van der Waals surface area (Å²) < 4.78 is 7.82. The highest BCUT2D eigenvalue weighted by molar-refractivity contribution is 7.79. The molecule has 0 saturated heterocycles. The van der Waals surface area contributed by atoms with Crippen molar-refractivity contribution in [3.63, 3.8) is 0 Å². The molecule has 0 spiro atoms. The van der Waals surface area contributed by atoms with E-state index in [1.807, 2.05) is 0 Å². The van der Waals surface area contributed by atoms with Crippen molar-refractivity contribution in [1.29, 1.82) is 0 Å². The molecule has 0 radical (unpaired) electrons. The molecule has 0 aliphatic heterocycles. The summed E-state index contributed by atoms with van der Waals surface area (Å²) in [5.74, 6) is 0. The van der Waals surface area contributed by atoms with E-state index in [2.05, 4.69) is 33.2 Å². The molecule has 0 aromatic heterocycles. The molecule has 6 nitrogen and oxygen atoms in total. The third-order valence-corrected chi connectivity index (χ3v) is 0.535. The summed E-state index contributed by atoms with van der Waals surface area (Å²) in [6.07, 6.45) is -2.32. The molecule has 0 rings (SSSR count). The lowest BCUT2D eigenvalue weighted by Gasteiger charge is -1.98. The van der Waals surface area contributed by atoms with Gasteiger partial charge in [0.1, 0.15) is 0 Å². The predicted octanol–water partition coefficient (Wildman–Crippen LogP) is -0.538. The molecule has 4 N–H and O–H groups in total. The molecule has 0 saturated carbocycles. The fourth-order valence-corrected chi connectivity index (χ4v) is 0.349. The summed E-state index contributed by atoms with van der Waals surface area (Å²) in [7, 11) is 0. The van der Waals surface area contributed by atoms with E-state index in [1.54, 1.807) is 0 Å². The van der Waals surface area contributed by atoms with Gasteiger partial charge in [-0.25, -0.2) is 9.59 Å². The fraction of sp³-hybridized carbons (Fsp3) is 0. The Morgan fingerprint density at radius 3 is 1.60 bits per heavy atom. The second kappa shape index (κ2) is 3.62. The number of hydrogen-bond acceptors (Lipinski definition) is 5. The van der Waals surface area contributed by atoms with Gasteiger partial charge in [0, 0.05) is 12.2 Å². The Morgan fingerprint density at radius 2 is 1.40 bits per heavy atom. The number of thiocarbonyl (C=S) groups is 1. The minimum Gasteiger partial charge on any atom is -0.367 e. The van der Waals surface area contributed by atoms with Gasteiger partial charge < -0.3 is 20.9 Å². The van der Waals surface area contributed by atoms with Crippen molar-refractivity contribution < 1.29 is 19.1 Å². The summed E-state index contributed by atoms with van der Waals surface area (Å²) in [5.41, 5.74) is 8.98. The third-order valence-electron chi connectivity index (χ3n) is 0.368. The molecule has 2 amide bonds.